The lowest BCUT2D eigenvalue weighted by Crippen LogP contribution is -2.30. The predicted octanol–water partition coefficient (Wildman–Crippen LogP) is 16.4. The number of allylic oxidation sites excluding steroid dienone is 18. The zero-order chi connectivity index (χ0) is 45.1. The van der Waals surface area contributed by atoms with E-state index in [-0.39, 0.29) is 37.5 Å². The van der Waals surface area contributed by atoms with Gasteiger partial charge in [0.25, 0.3) is 0 Å². The zero-order valence-electron chi connectivity index (χ0n) is 39.8. The second-order valence-corrected chi connectivity index (χ2v) is 16.0. The molecule has 0 saturated heterocycles. The van der Waals surface area contributed by atoms with Gasteiger partial charge in [0.1, 0.15) is 13.2 Å². The summed E-state index contributed by atoms with van der Waals surface area (Å²) >= 11 is 0. The molecule has 0 radical (unpaired) electrons. The number of esters is 3. The van der Waals surface area contributed by atoms with Gasteiger partial charge in [-0.15, -0.1) is 0 Å². The molecule has 1 atom stereocenters. The van der Waals surface area contributed by atoms with Crippen LogP contribution in [0.1, 0.15) is 207 Å². The standard InChI is InChI=1S/C56H90O6/c1-4-7-10-13-16-19-21-23-25-27-28-29-31-32-34-37-40-43-46-49-55(58)61-52-53(51-60-54(57)48-45-42-39-36-18-15-12-9-6-3)62-56(59)50-47-44-41-38-35-33-30-26-24-22-20-17-14-11-8-5-2/h7-8,10-11,16-17,19-20,23-26,28-29,32-35,53H,4-6,9,12-15,18,21-22,27,30-31,36-52H2,1-3H3/b10-7-,11-8-,19-16-,20-17-,25-23-,26-24-,29-28-,34-32-,35-33-. The Bertz CT molecular complexity index is 1310. The number of unbranched alkanes of at least 4 members (excludes halogenated alkanes) is 14. The van der Waals surface area contributed by atoms with Crippen LogP contribution in [-0.4, -0.2) is 37.2 Å². The summed E-state index contributed by atoms with van der Waals surface area (Å²) < 4.78 is 16.7. The quantitative estimate of drug-likeness (QED) is 0.0263. The van der Waals surface area contributed by atoms with Crippen LogP contribution >= 0.6 is 0 Å². The van der Waals surface area contributed by atoms with Crippen LogP contribution < -0.4 is 0 Å². The number of hydrogen-bond donors (Lipinski definition) is 0. The summed E-state index contributed by atoms with van der Waals surface area (Å²) in [6, 6.07) is 0. The fraction of sp³-hybridized carbons (Fsp3) is 0.625. The molecule has 0 saturated carbocycles. The van der Waals surface area contributed by atoms with Crippen LogP contribution in [0.25, 0.3) is 0 Å². The lowest BCUT2D eigenvalue weighted by molar-refractivity contribution is -0.167. The maximum atomic E-state index is 12.8. The number of rotatable bonds is 43. The van der Waals surface area contributed by atoms with Gasteiger partial charge in [0.2, 0.25) is 0 Å². The zero-order valence-corrected chi connectivity index (χ0v) is 39.8. The average Bonchev–Trinajstić information content (AvgIpc) is 3.27. The maximum absolute atomic E-state index is 12.8. The van der Waals surface area contributed by atoms with Gasteiger partial charge in [-0.05, 0) is 103 Å². The van der Waals surface area contributed by atoms with Crippen LogP contribution in [0.15, 0.2) is 109 Å². The molecule has 0 aliphatic carbocycles. The Labute approximate surface area is 380 Å². The van der Waals surface area contributed by atoms with E-state index in [0.29, 0.717) is 12.8 Å². The van der Waals surface area contributed by atoms with Gasteiger partial charge < -0.3 is 14.2 Å². The summed E-state index contributed by atoms with van der Waals surface area (Å²) in [5.41, 5.74) is 0. The lowest BCUT2D eigenvalue weighted by atomic mass is 10.1. The average molecular weight is 859 g/mol. The highest BCUT2D eigenvalue weighted by Gasteiger charge is 2.19. The van der Waals surface area contributed by atoms with E-state index < -0.39 is 6.10 Å². The molecule has 1 unspecified atom stereocenters. The van der Waals surface area contributed by atoms with E-state index in [4.69, 9.17) is 14.2 Å². The minimum Gasteiger partial charge on any atom is -0.462 e. The van der Waals surface area contributed by atoms with Crippen LogP contribution in [-0.2, 0) is 28.6 Å². The maximum Gasteiger partial charge on any atom is 0.306 e. The minimum absolute atomic E-state index is 0.103. The molecule has 0 aliphatic rings. The second-order valence-electron chi connectivity index (χ2n) is 16.0. The van der Waals surface area contributed by atoms with Crippen molar-refractivity contribution in [2.24, 2.45) is 0 Å². The first kappa shape index (κ1) is 58.1. The normalized spacial score (nSPS) is 13.0. The number of ether oxygens (including phenoxy) is 3. The molecule has 0 aliphatic heterocycles. The Balaban J connectivity index is 4.47. The fourth-order valence-corrected chi connectivity index (χ4v) is 6.34. The van der Waals surface area contributed by atoms with Gasteiger partial charge in [0, 0.05) is 19.3 Å². The molecule has 0 amide bonds. The van der Waals surface area contributed by atoms with E-state index in [0.717, 1.165) is 128 Å². The molecule has 350 valence electrons. The fourth-order valence-electron chi connectivity index (χ4n) is 6.34. The van der Waals surface area contributed by atoms with Crippen molar-refractivity contribution >= 4 is 17.9 Å². The second kappa shape index (κ2) is 49.7. The molecule has 0 aromatic heterocycles. The van der Waals surface area contributed by atoms with Gasteiger partial charge >= 0.3 is 17.9 Å². The smallest absolute Gasteiger partial charge is 0.306 e. The molecule has 62 heavy (non-hydrogen) atoms. The van der Waals surface area contributed by atoms with E-state index in [1.54, 1.807) is 0 Å². The molecular weight excluding hydrogens is 769 g/mol. The van der Waals surface area contributed by atoms with Gasteiger partial charge in [0.15, 0.2) is 6.10 Å². The largest absolute Gasteiger partial charge is 0.462 e. The third-order valence-electron chi connectivity index (χ3n) is 10.0. The molecule has 0 heterocycles. The van der Waals surface area contributed by atoms with Crippen molar-refractivity contribution in [1.29, 1.82) is 0 Å². The Hall–Kier alpha value is -3.93. The summed E-state index contributed by atoms with van der Waals surface area (Å²) in [5, 5.41) is 0. The van der Waals surface area contributed by atoms with Crippen molar-refractivity contribution in [2.75, 3.05) is 13.2 Å². The molecule has 6 heteroatoms. The third-order valence-corrected chi connectivity index (χ3v) is 10.0. The van der Waals surface area contributed by atoms with Crippen molar-refractivity contribution < 1.29 is 28.6 Å². The summed E-state index contributed by atoms with van der Waals surface area (Å²) in [4.78, 5) is 37.9. The van der Waals surface area contributed by atoms with Gasteiger partial charge in [-0.25, -0.2) is 0 Å². The lowest BCUT2D eigenvalue weighted by Gasteiger charge is -2.18. The highest BCUT2D eigenvalue weighted by molar-refractivity contribution is 5.71. The summed E-state index contributed by atoms with van der Waals surface area (Å²) in [5.74, 6) is -0.978. The molecule has 0 rings (SSSR count). The van der Waals surface area contributed by atoms with E-state index in [1.165, 1.54) is 38.5 Å². The van der Waals surface area contributed by atoms with Gasteiger partial charge in [-0.2, -0.15) is 0 Å². The first-order chi connectivity index (χ1) is 30.5. The van der Waals surface area contributed by atoms with Crippen LogP contribution in [0.4, 0.5) is 0 Å². The van der Waals surface area contributed by atoms with E-state index in [9.17, 15) is 14.4 Å². The molecule has 0 aromatic carbocycles. The molecular formula is C56H90O6. The Kier molecular flexibility index (Phi) is 46.6. The van der Waals surface area contributed by atoms with Crippen molar-refractivity contribution in [3.63, 3.8) is 0 Å². The SMILES string of the molecule is CC/C=C\C/C=C\C/C=C\C/C=C\C/C=C\CCCCCC(=O)OCC(COC(=O)CCCCCCCCCCC)OC(=O)CCCCC/C=C\C/C=C\C/C=C\C/C=C\CC. The summed E-state index contributed by atoms with van der Waals surface area (Å²) in [6.45, 7) is 6.31. The Morgan fingerprint density at radius 1 is 0.339 bits per heavy atom. The van der Waals surface area contributed by atoms with Gasteiger partial charge in [-0.3, -0.25) is 14.4 Å². The van der Waals surface area contributed by atoms with E-state index in [1.807, 2.05) is 0 Å². The minimum atomic E-state index is -0.807. The molecule has 6 nitrogen and oxygen atoms in total. The number of carbonyl (C=O) groups excluding carboxylic acids is 3. The monoisotopic (exact) mass is 859 g/mol. The van der Waals surface area contributed by atoms with E-state index >= 15 is 0 Å². The van der Waals surface area contributed by atoms with Gasteiger partial charge in [-0.1, -0.05) is 194 Å². The van der Waals surface area contributed by atoms with Crippen molar-refractivity contribution in [2.45, 2.75) is 213 Å². The van der Waals surface area contributed by atoms with Crippen molar-refractivity contribution in [3.05, 3.63) is 109 Å². The summed E-state index contributed by atoms with van der Waals surface area (Å²) in [6.07, 6.45) is 66.5. The summed E-state index contributed by atoms with van der Waals surface area (Å²) in [7, 11) is 0. The Morgan fingerprint density at radius 2 is 0.629 bits per heavy atom. The third kappa shape index (κ3) is 47.1. The highest BCUT2D eigenvalue weighted by atomic mass is 16.6. The van der Waals surface area contributed by atoms with Crippen molar-refractivity contribution in [3.8, 4) is 0 Å². The number of carbonyl (C=O) groups is 3. The van der Waals surface area contributed by atoms with Crippen LogP contribution in [0, 0.1) is 0 Å². The highest BCUT2D eigenvalue weighted by Crippen LogP contribution is 2.13. The van der Waals surface area contributed by atoms with Crippen LogP contribution in [0.2, 0.25) is 0 Å². The topological polar surface area (TPSA) is 78.9 Å². The molecule has 0 fully saturated rings. The molecule has 0 aromatic rings. The first-order valence-corrected chi connectivity index (χ1v) is 24.9. The van der Waals surface area contributed by atoms with Crippen molar-refractivity contribution in [1.82, 2.24) is 0 Å². The first-order valence-electron chi connectivity index (χ1n) is 24.9. The predicted molar refractivity (Wildman–Crippen MR) is 265 cm³/mol. The van der Waals surface area contributed by atoms with Crippen LogP contribution in [0.5, 0.6) is 0 Å². The molecule has 0 spiro atoms. The Morgan fingerprint density at radius 3 is 0.984 bits per heavy atom. The molecule has 0 bridgehead atoms. The molecule has 0 N–H and O–H groups in total. The van der Waals surface area contributed by atoms with Crippen LogP contribution in [0.3, 0.4) is 0 Å². The van der Waals surface area contributed by atoms with E-state index in [2.05, 4.69) is 130 Å². The van der Waals surface area contributed by atoms with Gasteiger partial charge in [0.05, 0.1) is 0 Å². The number of hydrogen-bond acceptors (Lipinski definition) is 6.